The second-order valence-corrected chi connectivity index (χ2v) is 5.92. The van der Waals surface area contributed by atoms with Crippen molar-refractivity contribution in [1.29, 1.82) is 0 Å². The minimum atomic E-state index is -0.173. The molecule has 0 amide bonds. The van der Waals surface area contributed by atoms with Gasteiger partial charge in [-0.1, -0.05) is 46.5 Å². The highest BCUT2D eigenvalue weighted by Gasteiger charge is 2.06. The van der Waals surface area contributed by atoms with Gasteiger partial charge < -0.3 is 9.47 Å². The van der Waals surface area contributed by atoms with E-state index in [0.717, 1.165) is 12.8 Å². The molecule has 0 heterocycles. The van der Waals surface area contributed by atoms with Crippen LogP contribution in [0.1, 0.15) is 78.6 Å². The molecule has 0 atom stereocenters. The molecule has 0 aromatic carbocycles. The van der Waals surface area contributed by atoms with Crippen LogP contribution in [0.15, 0.2) is 0 Å². The number of carbonyl (C=O) groups is 2. The van der Waals surface area contributed by atoms with Crippen LogP contribution in [-0.2, 0) is 19.1 Å². The van der Waals surface area contributed by atoms with Crippen molar-refractivity contribution in [2.24, 2.45) is 5.92 Å². The Labute approximate surface area is 129 Å². The van der Waals surface area contributed by atoms with Crippen molar-refractivity contribution in [3.63, 3.8) is 0 Å². The largest absolute Gasteiger partial charge is 0.466 e. The first-order valence-corrected chi connectivity index (χ1v) is 8.37. The summed E-state index contributed by atoms with van der Waals surface area (Å²) in [6.07, 6.45) is 7.92. The van der Waals surface area contributed by atoms with Gasteiger partial charge in [-0.2, -0.15) is 0 Å². The molecule has 0 aromatic rings. The number of ether oxygens (including phenoxy) is 2. The Bertz CT molecular complexity index is 274. The predicted octanol–water partition coefficient (Wildman–Crippen LogP) is 4.26. The fraction of sp³-hybridized carbons (Fsp3) is 0.882. The molecule has 0 fully saturated rings. The van der Waals surface area contributed by atoms with Gasteiger partial charge in [-0.05, 0) is 25.2 Å². The zero-order valence-corrected chi connectivity index (χ0v) is 14.0. The molecule has 4 nitrogen and oxygen atoms in total. The van der Waals surface area contributed by atoms with Crippen LogP contribution < -0.4 is 0 Å². The summed E-state index contributed by atoms with van der Waals surface area (Å²) in [7, 11) is 0. The fourth-order valence-electron chi connectivity index (χ4n) is 1.83. The van der Waals surface area contributed by atoms with Gasteiger partial charge in [0.2, 0.25) is 0 Å². The van der Waals surface area contributed by atoms with Gasteiger partial charge in [0.05, 0.1) is 13.2 Å². The highest BCUT2D eigenvalue weighted by atomic mass is 16.5. The number of rotatable bonds is 13. The summed E-state index contributed by atoms with van der Waals surface area (Å²) in [4.78, 5) is 22.8. The Morgan fingerprint density at radius 2 is 1.38 bits per heavy atom. The summed E-state index contributed by atoms with van der Waals surface area (Å²) in [5.41, 5.74) is 0. The van der Waals surface area contributed by atoms with Crippen molar-refractivity contribution in [3.05, 3.63) is 0 Å². The van der Waals surface area contributed by atoms with Crippen LogP contribution in [-0.4, -0.2) is 25.2 Å². The molecule has 0 bridgehead atoms. The van der Waals surface area contributed by atoms with E-state index in [1.807, 2.05) is 13.8 Å². The number of hydrogen-bond donors (Lipinski definition) is 0. The normalized spacial score (nSPS) is 10.7. The molecule has 0 spiro atoms. The monoisotopic (exact) mass is 300 g/mol. The molecular weight excluding hydrogens is 268 g/mol. The summed E-state index contributed by atoms with van der Waals surface area (Å²) < 4.78 is 10.2. The first-order chi connectivity index (χ1) is 10.1. The zero-order valence-electron chi connectivity index (χ0n) is 14.0. The van der Waals surface area contributed by atoms with Crippen LogP contribution in [0.3, 0.4) is 0 Å². The molecular formula is C17H32O4. The Morgan fingerprint density at radius 3 is 1.95 bits per heavy atom. The van der Waals surface area contributed by atoms with Crippen molar-refractivity contribution in [3.8, 4) is 0 Å². The lowest BCUT2D eigenvalue weighted by atomic mass is 10.2. The van der Waals surface area contributed by atoms with Crippen molar-refractivity contribution in [2.75, 3.05) is 13.2 Å². The van der Waals surface area contributed by atoms with E-state index in [-0.39, 0.29) is 11.9 Å². The third-order valence-electron chi connectivity index (χ3n) is 3.10. The Balaban J connectivity index is 3.35. The van der Waals surface area contributed by atoms with Crippen molar-refractivity contribution in [2.45, 2.75) is 78.6 Å². The van der Waals surface area contributed by atoms with Crippen molar-refractivity contribution in [1.82, 2.24) is 0 Å². The van der Waals surface area contributed by atoms with Crippen LogP contribution in [0.5, 0.6) is 0 Å². The van der Waals surface area contributed by atoms with Gasteiger partial charge in [0.1, 0.15) is 0 Å². The number of carbonyl (C=O) groups excluding carboxylic acids is 2. The van der Waals surface area contributed by atoms with Gasteiger partial charge >= 0.3 is 11.9 Å². The molecule has 0 aliphatic rings. The fourth-order valence-corrected chi connectivity index (χ4v) is 1.83. The summed E-state index contributed by atoms with van der Waals surface area (Å²) in [5.74, 6) is 0.0373. The molecule has 0 N–H and O–H groups in total. The third-order valence-corrected chi connectivity index (χ3v) is 3.10. The Kier molecular flexibility index (Phi) is 13.2. The van der Waals surface area contributed by atoms with Crippen molar-refractivity contribution < 1.29 is 19.1 Å². The van der Waals surface area contributed by atoms with Gasteiger partial charge in [-0.15, -0.1) is 0 Å². The lowest BCUT2D eigenvalue weighted by Crippen LogP contribution is -2.10. The van der Waals surface area contributed by atoms with E-state index < -0.39 is 0 Å². The van der Waals surface area contributed by atoms with Gasteiger partial charge in [0, 0.05) is 12.8 Å². The Morgan fingerprint density at radius 1 is 0.810 bits per heavy atom. The molecule has 124 valence electrons. The molecule has 4 heteroatoms. The minimum absolute atomic E-state index is 0.152. The average Bonchev–Trinajstić information content (AvgIpc) is 2.45. The third kappa shape index (κ3) is 15.2. The molecule has 0 aliphatic heterocycles. The molecule has 0 unspecified atom stereocenters. The average molecular weight is 300 g/mol. The summed E-state index contributed by atoms with van der Waals surface area (Å²) in [5, 5.41) is 0. The molecule has 0 radical (unpaired) electrons. The van der Waals surface area contributed by atoms with Crippen LogP contribution >= 0.6 is 0 Å². The van der Waals surface area contributed by atoms with Gasteiger partial charge in [0.15, 0.2) is 0 Å². The van der Waals surface area contributed by atoms with E-state index >= 15 is 0 Å². The number of hydrogen-bond acceptors (Lipinski definition) is 4. The first kappa shape index (κ1) is 19.9. The van der Waals surface area contributed by atoms with E-state index in [2.05, 4.69) is 6.92 Å². The quantitative estimate of drug-likeness (QED) is 0.377. The van der Waals surface area contributed by atoms with E-state index in [0.29, 0.717) is 44.8 Å². The molecule has 0 rings (SSSR count). The van der Waals surface area contributed by atoms with E-state index in [1.165, 1.54) is 19.3 Å². The predicted molar refractivity (Wildman–Crippen MR) is 84.0 cm³/mol. The van der Waals surface area contributed by atoms with E-state index in [9.17, 15) is 9.59 Å². The van der Waals surface area contributed by atoms with Crippen molar-refractivity contribution >= 4 is 11.9 Å². The highest BCUT2D eigenvalue weighted by Crippen LogP contribution is 2.06. The highest BCUT2D eigenvalue weighted by molar-refractivity contribution is 5.70. The number of unbranched alkanes of at least 4 members (excludes halogenated alkanes) is 5. The molecule has 0 aromatic heterocycles. The minimum Gasteiger partial charge on any atom is -0.466 e. The number of esters is 2. The first-order valence-electron chi connectivity index (χ1n) is 8.37. The maximum absolute atomic E-state index is 11.5. The topological polar surface area (TPSA) is 52.6 Å². The zero-order chi connectivity index (χ0) is 15.9. The van der Waals surface area contributed by atoms with Crippen LogP contribution in [0.25, 0.3) is 0 Å². The van der Waals surface area contributed by atoms with E-state index in [4.69, 9.17) is 9.47 Å². The molecule has 0 saturated heterocycles. The maximum Gasteiger partial charge on any atom is 0.305 e. The Hall–Kier alpha value is -1.06. The summed E-state index contributed by atoms with van der Waals surface area (Å²) in [6.45, 7) is 7.19. The van der Waals surface area contributed by atoms with Crippen LogP contribution in [0.4, 0.5) is 0 Å². The maximum atomic E-state index is 11.5. The summed E-state index contributed by atoms with van der Waals surface area (Å²) >= 11 is 0. The second-order valence-electron chi connectivity index (χ2n) is 5.92. The standard InChI is InChI=1S/C17H32O4/c1-4-5-6-7-10-13-20-16(18)11-8-9-12-17(19)21-14-15(2)3/h15H,4-14H2,1-3H3. The van der Waals surface area contributed by atoms with Crippen LogP contribution in [0.2, 0.25) is 0 Å². The molecule has 0 aliphatic carbocycles. The van der Waals surface area contributed by atoms with E-state index in [1.54, 1.807) is 0 Å². The smallest absolute Gasteiger partial charge is 0.305 e. The van der Waals surface area contributed by atoms with Gasteiger partial charge in [-0.25, -0.2) is 0 Å². The second kappa shape index (κ2) is 13.9. The molecule has 21 heavy (non-hydrogen) atoms. The van der Waals surface area contributed by atoms with Crippen LogP contribution in [0, 0.1) is 5.92 Å². The van der Waals surface area contributed by atoms with Gasteiger partial charge in [-0.3, -0.25) is 9.59 Å². The summed E-state index contributed by atoms with van der Waals surface area (Å²) in [6, 6.07) is 0. The SMILES string of the molecule is CCCCCCCOC(=O)CCCCC(=O)OCC(C)C. The lowest BCUT2D eigenvalue weighted by Gasteiger charge is -2.07. The molecule has 0 saturated carbocycles. The lowest BCUT2D eigenvalue weighted by molar-refractivity contribution is -0.146. The van der Waals surface area contributed by atoms with Gasteiger partial charge in [0.25, 0.3) is 0 Å².